The topological polar surface area (TPSA) is 29.1 Å². The van der Waals surface area contributed by atoms with E-state index in [1.807, 2.05) is 32.0 Å². The Morgan fingerprint density at radius 2 is 2.27 bits per heavy atom. The molecule has 0 spiro atoms. The zero-order valence-electron chi connectivity index (χ0n) is 9.34. The minimum atomic E-state index is -0.0181. The van der Waals surface area contributed by atoms with Crippen LogP contribution in [0.5, 0.6) is 0 Å². The van der Waals surface area contributed by atoms with Crippen LogP contribution in [0.1, 0.15) is 34.8 Å². The van der Waals surface area contributed by atoms with Crippen molar-refractivity contribution in [3.8, 4) is 0 Å². The molecule has 0 aliphatic rings. The van der Waals surface area contributed by atoms with E-state index in [1.165, 1.54) is 0 Å². The van der Waals surface area contributed by atoms with Crippen LogP contribution < -0.4 is 5.32 Å². The van der Waals surface area contributed by atoms with E-state index < -0.39 is 0 Å². The summed E-state index contributed by atoms with van der Waals surface area (Å²) in [6.07, 6.45) is 2.68. The molecule has 0 saturated heterocycles. The van der Waals surface area contributed by atoms with Gasteiger partial charge in [-0.05, 0) is 30.5 Å². The van der Waals surface area contributed by atoms with E-state index in [1.54, 1.807) is 6.08 Å². The maximum atomic E-state index is 11.8. The van der Waals surface area contributed by atoms with Crippen LogP contribution in [-0.4, -0.2) is 12.5 Å². The molecule has 1 aromatic carbocycles. The summed E-state index contributed by atoms with van der Waals surface area (Å²) in [5.74, 6) is -0.0181. The van der Waals surface area contributed by atoms with Gasteiger partial charge < -0.3 is 5.32 Å². The van der Waals surface area contributed by atoms with Crippen LogP contribution in [0.25, 0.3) is 6.08 Å². The fraction of sp³-hybridized carbons (Fsp3) is 0.308. The van der Waals surface area contributed by atoms with Gasteiger partial charge in [-0.1, -0.05) is 31.7 Å². The van der Waals surface area contributed by atoms with E-state index in [0.29, 0.717) is 12.1 Å². The fourth-order valence-corrected chi connectivity index (χ4v) is 1.48. The lowest BCUT2D eigenvalue weighted by molar-refractivity contribution is 0.0953. The third-order valence-corrected chi connectivity index (χ3v) is 2.31. The zero-order valence-corrected chi connectivity index (χ0v) is 9.34. The van der Waals surface area contributed by atoms with Gasteiger partial charge in [0.15, 0.2) is 0 Å². The molecular formula is C13H17NO. The standard InChI is InChI=1S/C13H17NO/c1-4-9-14-13(15)12-8-6-7-10(3)11(12)5-2/h5-8H,2,4,9H2,1,3H3,(H,14,15). The van der Waals surface area contributed by atoms with E-state index in [2.05, 4.69) is 11.9 Å². The van der Waals surface area contributed by atoms with E-state index in [4.69, 9.17) is 0 Å². The summed E-state index contributed by atoms with van der Waals surface area (Å²) in [6.45, 7) is 8.46. The molecule has 2 nitrogen and oxygen atoms in total. The van der Waals surface area contributed by atoms with Crippen molar-refractivity contribution in [3.05, 3.63) is 41.5 Å². The normalized spacial score (nSPS) is 9.73. The second-order valence-corrected chi connectivity index (χ2v) is 3.50. The Morgan fingerprint density at radius 3 is 2.87 bits per heavy atom. The van der Waals surface area contributed by atoms with Gasteiger partial charge in [-0.15, -0.1) is 0 Å². The minimum absolute atomic E-state index is 0.0181. The number of amides is 1. The van der Waals surface area contributed by atoms with Crippen molar-refractivity contribution in [1.82, 2.24) is 5.32 Å². The molecular weight excluding hydrogens is 186 g/mol. The third-order valence-electron chi connectivity index (χ3n) is 2.31. The number of carbonyl (C=O) groups is 1. The van der Waals surface area contributed by atoms with Crippen LogP contribution in [-0.2, 0) is 0 Å². The summed E-state index contributed by atoms with van der Waals surface area (Å²) < 4.78 is 0. The largest absolute Gasteiger partial charge is 0.352 e. The predicted octanol–water partition coefficient (Wildman–Crippen LogP) is 2.78. The average molecular weight is 203 g/mol. The second-order valence-electron chi connectivity index (χ2n) is 3.50. The molecule has 0 radical (unpaired) electrons. The molecule has 1 aromatic rings. The van der Waals surface area contributed by atoms with Crippen LogP contribution in [0.4, 0.5) is 0 Å². The number of rotatable bonds is 4. The van der Waals surface area contributed by atoms with Gasteiger partial charge in [0.25, 0.3) is 5.91 Å². The minimum Gasteiger partial charge on any atom is -0.352 e. The molecule has 0 unspecified atom stereocenters. The van der Waals surface area contributed by atoms with Crippen molar-refractivity contribution in [3.63, 3.8) is 0 Å². The number of hydrogen-bond acceptors (Lipinski definition) is 1. The predicted molar refractivity (Wildman–Crippen MR) is 63.9 cm³/mol. The summed E-state index contributed by atoms with van der Waals surface area (Å²) in [6, 6.07) is 5.70. The lowest BCUT2D eigenvalue weighted by Crippen LogP contribution is -2.24. The van der Waals surface area contributed by atoms with E-state index >= 15 is 0 Å². The molecule has 80 valence electrons. The Kier molecular flexibility index (Phi) is 4.10. The van der Waals surface area contributed by atoms with Gasteiger partial charge in [0.1, 0.15) is 0 Å². The Hall–Kier alpha value is -1.57. The first-order valence-electron chi connectivity index (χ1n) is 5.21. The highest BCUT2D eigenvalue weighted by atomic mass is 16.1. The van der Waals surface area contributed by atoms with Crippen molar-refractivity contribution in [1.29, 1.82) is 0 Å². The molecule has 0 heterocycles. The van der Waals surface area contributed by atoms with Crippen LogP contribution in [0.15, 0.2) is 24.8 Å². The number of nitrogens with one attached hydrogen (secondary N) is 1. The Balaban J connectivity index is 2.97. The first kappa shape index (κ1) is 11.5. The Labute approximate surface area is 91.0 Å². The first-order valence-corrected chi connectivity index (χ1v) is 5.21. The maximum Gasteiger partial charge on any atom is 0.251 e. The quantitative estimate of drug-likeness (QED) is 0.801. The van der Waals surface area contributed by atoms with Gasteiger partial charge in [-0.2, -0.15) is 0 Å². The molecule has 0 aliphatic carbocycles. The SMILES string of the molecule is C=Cc1c(C)cccc1C(=O)NCCC. The summed E-state index contributed by atoms with van der Waals surface area (Å²) in [5.41, 5.74) is 2.71. The van der Waals surface area contributed by atoms with Gasteiger partial charge in [0.2, 0.25) is 0 Å². The average Bonchev–Trinajstić information content (AvgIpc) is 2.25. The Bertz CT molecular complexity index is 369. The number of carbonyl (C=O) groups excluding carboxylic acids is 1. The van der Waals surface area contributed by atoms with Crippen molar-refractivity contribution in [2.45, 2.75) is 20.3 Å². The summed E-state index contributed by atoms with van der Waals surface area (Å²) in [4.78, 5) is 11.8. The molecule has 2 heteroatoms. The van der Waals surface area contributed by atoms with Gasteiger partial charge in [0.05, 0.1) is 0 Å². The molecule has 1 amide bonds. The lowest BCUT2D eigenvalue weighted by Gasteiger charge is -2.08. The summed E-state index contributed by atoms with van der Waals surface area (Å²) in [7, 11) is 0. The van der Waals surface area contributed by atoms with E-state index in [0.717, 1.165) is 17.5 Å². The summed E-state index contributed by atoms with van der Waals surface area (Å²) >= 11 is 0. The van der Waals surface area contributed by atoms with Crippen LogP contribution in [0.2, 0.25) is 0 Å². The number of aryl methyl sites for hydroxylation is 1. The Morgan fingerprint density at radius 1 is 1.53 bits per heavy atom. The number of benzene rings is 1. The maximum absolute atomic E-state index is 11.8. The highest BCUT2D eigenvalue weighted by Gasteiger charge is 2.09. The zero-order chi connectivity index (χ0) is 11.3. The molecule has 0 bridgehead atoms. The highest BCUT2D eigenvalue weighted by Crippen LogP contribution is 2.15. The van der Waals surface area contributed by atoms with E-state index in [9.17, 15) is 4.79 Å². The van der Waals surface area contributed by atoms with Crippen molar-refractivity contribution in [2.24, 2.45) is 0 Å². The molecule has 1 rings (SSSR count). The first-order chi connectivity index (χ1) is 7.20. The van der Waals surface area contributed by atoms with Crippen LogP contribution in [0.3, 0.4) is 0 Å². The molecule has 0 saturated carbocycles. The monoisotopic (exact) mass is 203 g/mol. The lowest BCUT2D eigenvalue weighted by atomic mass is 10.0. The van der Waals surface area contributed by atoms with Gasteiger partial charge in [-0.3, -0.25) is 4.79 Å². The second kappa shape index (κ2) is 5.35. The fourth-order valence-electron chi connectivity index (χ4n) is 1.48. The third kappa shape index (κ3) is 2.69. The van der Waals surface area contributed by atoms with Gasteiger partial charge in [-0.25, -0.2) is 0 Å². The molecule has 1 N–H and O–H groups in total. The smallest absolute Gasteiger partial charge is 0.251 e. The van der Waals surface area contributed by atoms with Crippen LogP contribution >= 0.6 is 0 Å². The van der Waals surface area contributed by atoms with Gasteiger partial charge >= 0.3 is 0 Å². The van der Waals surface area contributed by atoms with Crippen molar-refractivity contribution in [2.75, 3.05) is 6.54 Å². The van der Waals surface area contributed by atoms with Gasteiger partial charge in [0, 0.05) is 12.1 Å². The molecule has 0 aliphatic heterocycles. The van der Waals surface area contributed by atoms with Crippen molar-refractivity contribution >= 4 is 12.0 Å². The molecule has 15 heavy (non-hydrogen) atoms. The number of hydrogen-bond donors (Lipinski definition) is 1. The molecule has 0 fully saturated rings. The molecule has 0 atom stereocenters. The van der Waals surface area contributed by atoms with Crippen LogP contribution in [0, 0.1) is 6.92 Å². The molecule has 0 aromatic heterocycles. The van der Waals surface area contributed by atoms with Crippen molar-refractivity contribution < 1.29 is 4.79 Å². The van der Waals surface area contributed by atoms with E-state index in [-0.39, 0.29) is 5.91 Å². The highest BCUT2D eigenvalue weighted by molar-refractivity contribution is 5.98. The summed E-state index contributed by atoms with van der Waals surface area (Å²) in [5, 5.41) is 2.86.